The van der Waals surface area contributed by atoms with E-state index in [1.54, 1.807) is 7.05 Å². The molecule has 32 heavy (non-hydrogen) atoms. The summed E-state index contributed by atoms with van der Waals surface area (Å²) in [5.41, 5.74) is 3.19. The van der Waals surface area contributed by atoms with E-state index in [0.29, 0.717) is 25.7 Å². The Balaban J connectivity index is 0.00000363. The number of rotatable bonds is 9. The van der Waals surface area contributed by atoms with Gasteiger partial charge in [0.15, 0.2) is 17.5 Å². The lowest BCUT2D eigenvalue weighted by atomic mass is 10.1. The van der Waals surface area contributed by atoms with E-state index in [9.17, 15) is 0 Å². The number of benzene rings is 2. The van der Waals surface area contributed by atoms with Gasteiger partial charge in [-0.25, -0.2) is 4.68 Å². The molecule has 3 rings (SSSR count). The van der Waals surface area contributed by atoms with Crippen LogP contribution in [0.5, 0.6) is 11.5 Å². The molecule has 7 nitrogen and oxygen atoms in total. The van der Waals surface area contributed by atoms with E-state index >= 15 is 0 Å². The molecule has 1 unspecified atom stereocenters. The van der Waals surface area contributed by atoms with E-state index in [2.05, 4.69) is 27.6 Å². The second-order valence-corrected chi connectivity index (χ2v) is 6.99. The molecule has 1 aromatic heterocycles. The van der Waals surface area contributed by atoms with Crippen LogP contribution in [-0.2, 0) is 6.54 Å². The number of para-hydroxylation sites is 1. The van der Waals surface area contributed by atoms with Crippen molar-refractivity contribution < 1.29 is 9.47 Å². The zero-order valence-electron chi connectivity index (χ0n) is 19.0. The third-order valence-corrected chi connectivity index (χ3v) is 4.76. The molecule has 0 spiro atoms. The van der Waals surface area contributed by atoms with Gasteiger partial charge in [0.05, 0.1) is 31.1 Å². The smallest absolute Gasteiger partial charge is 0.191 e. The molecule has 1 atom stereocenters. The third-order valence-electron chi connectivity index (χ3n) is 4.76. The van der Waals surface area contributed by atoms with Crippen LogP contribution in [0.1, 0.15) is 37.9 Å². The Kier molecular flexibility index (Phi) is 10.3. The van der Waals surface area contributed by atoms with E-state index < -0.39 is 0 Å². The maximum Gasteiger partial charge on any atom is 0.191 e. The molecule has 0 aliphatic heterocycles. The van der Waals surface area contributed by atoms with Gasteiger partial charge in [-0.1, -0.05) is 24.3 Å². The molecule has 0 radical (unpaired) electrons. The fourth-order valence-corrected chi connectivity index (χ4v) is 3.18. The Labute approximate surface area is 207 Å². The first-order valence-corrected chi connectivity index (χ1v) is 10.6. The second-order valence-electron chi connectivity index (χ2n) is 6.99. The van der Waals surface area contributed by atoms with Crippen LogP contribution in [-0.4, -0.2) is 36.0 Å². The maximum atomic E-state index is 5.75. The molecule has 172 valence electrons. The Morgan fingerprint density at radius 1 is 1.06 bits per heavy atom. The van der Waals surface area contributed by atoms with Crippen LogP contribution < -0.4 is 20.1 Å². The average Bonchev–Trinajstić information content (AvgIpc) is 3.27. The summed E-state index contributed by atoms with van der Waals surface area (Å²) in [4.78, 5) is 4.35. The summed E-state index contributed by atoms with van der Waals surface area (Å²) < 4.78 is 13.3. The van der Waals surface area contributed by atoms with Gasteiger partial charge in [-0.3, -0.25) is 4.99 Å². The summed E-state index contributed by atoms with van der Waals surface area (Å²) in [6.07, 6.45) is 3.87. The molecule has 0 amide bonds. The van der Waals surface area contributed by atoms with Crippen LogP contribution >= 0.6 is 24.0 Å². The summed E-state index contributed by atoms with van der Waals surface area (Å²) >= 11 is 0. The van der Waals surface area contributed by atoms with Crippen molar-refractivity contribution in [1.29, 1.82) is 0 Å². The quantitative estimate of drug-likeness (QED) is 0.230. The number of halogens is 1. The van der Waals surface area contributed by atoms with Crippen LogP contribution in [0, 0.1) is 0 Å². The van der Waals surface area contributed by atoms with Crippen molar-refractivity contribution in [1.82, 2.24) is 20.4 Å². The van der Waals surface area contributed by atoms with Crippen molar-refractivity contribution in [3.63, 3.8) is 0 Å². The molecule has 0 bridgehead atoms. The first-order valence-electron chi connectivity index (χ1n) is 10.6. The molecule has 0 saturated heterocycles. The Morgan fingerprint density at radius 2 is 1.78 bits per heavy atom. The van der Waals surface area contributed by atoms with Gasteiger partial charge in [-0.05, 0) is 50.6 Å². The number of aliphatic imine (C=N–C) groups is 1. The zero-order chi connectivity index (χ0) is 22.1. The number of guanidine groups is 1. The summed E-state index contributed by atoms with van der Waals surface area (Å²) in [7, 11) is 1.76. The standard InChI is InChI=1S/C24H31N5O2.HI/c1-5-30-22-13-12-20(14-23(22)31-6-2)18(3)28-24(25-4)26-15-19-16-27-29(17-19)21-10-8-7-9-11-21;/h7-14,16-18H,5-6,15H2,1-4H3,(H2,25,26,28);1H. The van der Waals surface area contributed by atoms with Crippen LogP contribution in [0.25, 0.3) is 5.69 Å². The highest BCUT2D eigenvalue weighted by Crippen LogP contribution is 2.30. The van der Waals surface area contributed by atoms with Crippen molar-refractivity contribution >= 4 is 29.9 Å². The summed E-state index contributed by atoms with van der Waals surface area (Å²) in [5, 5.41) is 11.2. The van der Waals surface area contributed by atoms with E-state index in [1.807, 2.05) is 79.5 Å². The predicted molar refractivity (Wildman–Crippen MR) is 140 cm³/mol. The first-order chi connectivity index (χ1) is 15.1. The van der Waals surface area contributed by atoms with Gasteiger partial charge in [-0.2, -0.15) is 5.10 Å². The molecule has 3 aromatic rings. The number of hydrogen-bond donors (Lipinski definition) is 2. The lowest BCUT2D eigenvalue weighted by Crippen LogP contribution is -2.38. The van der Waals surface area contributed by atoms with E-state index in [1.165, 1.54) is 0 Å². The molecule has 1 heterocycles. The summed E-state index contributed by atoms with van der Waals surface area (Å²) in [5.74, 6) is 2.23. The number of hydrogen-bond acceptors (Lipinski definition) is 4. The highest BCUT2D eigenvalue weighted by atomic mass is 127. The van der Waals surface area contributed by atoms with Crippen molar-refractivity contribution in [2.75, 3.05) is 20.3 Å². The van der Waals surface area contributed by atoms with E-state index in [-0.39, 0.29) is 30.0 Å². The van der Waals surface area contributed by atoms with Crippen LogP contribution in [0.3, 0.4) is 0 Å². The van der Waals surface area contributed by atoms with Crippen molar-refractivity contribution in [3.8, 4) is 17.2 Å². The Hall–Kier alpha value is -2.75. The summed E-state index contributed by atoms with van der Waals surface area (Å²) in [6.45, 7) is 7.83. The van der Waals surface area contributed by atoms with Crippen molar-refractivity contribution in [3.05, 3.63) is 72.1 Å². The molecule has 0 saturated carbocycles. The van der Waals surface area contributed by atoms with Crippen LogP contribution in [0.4, 0.5) is 0 Å². The Morgan fingerprint density at radius 3 is 2.47 bits per heavy atom. The predicted octanol–water partition coefficient (Wildman–Crippen LogP) is 4.71. The number of ether oxygens (including phenoxy) is 2. The first kappa shape index (κ1) is 25.5. The van der Waals surface area contributed by atoms with E-state index in [0.717, 1.165) is 28.3 Å². The fourth-order valence-electron chi connectivity index (χ4n) is 3.18. The molecule has 0 fully saturated rings. The minimum absolute atomic E-state index is 0. The highest BCUT2D eigenvalue weighted by Gasteiger charge is 2.13. The van der Waals surface area contributed by atoms with Gasteiger partial charge >= 0.3 is 0 Å². The van der Waals surface area contributed by atoms with Crippen molar-refractivity contribution in [2.24, 2.45) is 4.99 Å². The molecule has 2 aromatic carbocycles. The van der Waals surface area contributed by atoms with Crippen molar-refractivity contribution in [2.45, 2.75) is 33.4 Å². The van der Waals surface area contributed by atoms with Gasteiger partial charge in [0, 0.05) is 25.4 Å². The highest BCUT2D eigenvalue weighted by molar-refractivity contribution is 14.0. The largest absolute Gasteiger partial charge is 0.490 e. The minimum atomic E-state index is 0. The SMILES string of the molecule is CCOc1ccc(C(C)NC(=NC)NCc2cnn(-c3ccccc3)c2)cc1OCC.I. The normalized spacial score (nSPS) is 11.9. The van der Waals surface area contributed by atoms with E-state index in [4.69, 9.17) is 9.47 Å². The average molecular weight is 549 g/mol. The van der Waals surface area contributed by atoms with Crippen LogP contribution in [0.2, 0.25) is 0 Å². The third kappa shape index (κ3) is 6.88. The fraction of sp³-hybridized carbons (Fsp3) is 0.333. The number of nitrogens with one attached hydrogen (secondary N) is 2. The zero-order valence-corrected chi connectivity index (χ0v) is 21.4. The topological polar surface area (TPSA) is 72.7 Å². The van der Waals surface area contributed by atoms with Gasteiger partial charge in [0.25, 0.3) is 0 Å². The maximum absolute atomic E-state index is 5.75. The number of nitrogens with zero attached hydrogens (tertiary/aromatic N) is 3. The molecule has 8 heteroatoms. The van der Waals surface area contributed by atoms with Gasteiger partial charge in [-0.15, -0.1) is 24.0 Å². The van der Waals surface area contributed by atoms with Gasteiger partial charge < -0.3 is 20.1 Å². The van der Waals surface area contributed by atoms with Gasteiger partial charge in [0.2, 0.25) is 0 Å². The summed E-state index contributed by atoms with van der Waals surface area (Å²) in [6, 6.07) is 16.1. The molecular formula is C24H32IN5O2. The van der Waals surface area contributed by atoms with Gasteiger partial charge in [0.1, 0.15) is 0 Å². The molecule has 0 aliphatic rings. The lowest BCUT2D eigenvalue weighted by molar-refractivity contribution is 0.287. The molecular weight excluding hydrogens is 517 g/mol. The van der Waals surface area contributed by atoms with Crippen LogP contribution in [0.15, 0.2) is 65.9 Å². The lowest BCUT2D eigenvalue weighted by Gasteiger charge is -2.20. The molecule has 2 N–H and O–H groups in total. The molecule has 0 aliphatic carbocycles. The monoisotopic (exact) mass is 549 g/mol. The Bertz CT molecular complexity index is 991. The second kappa shape index (κ2) is 12.9. The number of aromatic nitrogens is 2. The minimum Gasteiger partial charge on any atom is -0.490 e.